The minimum Gasteiger partial charge on any atom is -0.488 e. The van der Waals surface area contributed by atoms with Gasteiger partial charge in [0.2, 0.25) is 11.8 Å². The van der Waals surface area contributed by atoms with Gasteiger partial charge in [-0.2, -0.15) is 0 Å². The Morgan fingerprint density at radius 3 is 2.58 bits per heavy atom. The molecule has 3 rings (SSSR count). The Bertz CT molecular complexity index is 1080. The van der Waals surface area contributed by atoms with Crippen LogP contribution in [0.25, 0.3) is 10.8 Å². The summed E-state index contributed by atoms with van der Waals surface area (Å²) in [4.78, 5) is 33.0. The molecule has 0 aliphatic carbocycles. The number of allylic oxidation sites excluding steroid dienone is 1. The zero-order valence-corrected chi connectivity index (χ0v) is 24.6. The van der Waals surface area contributed by atoms with Gasteiger partial charge in [0.05, 0.1) is 5.57 Å². The molecule has 0 saturated carbocycles. The van der Waals surface area contributed by atoms with Gasteiger partial charge in [-0.05, 0) is 71.3 Å². The first-order valence-electron chi connectivity index (χ1n) is 14.7. The van der Waals surface area contributed by atoms with Gasteiger partial charge in [-0.25, -0.2) is 10.3 Å². The molecule has 0 aromatic heterocycles. The molecule has 1 fully saturated rings. The van der Waals surface area contributed by atoms with Crippen molar-refractivity contribution in [3.05, 3.63) is 54.1 Å². The van der Waals surface area contributed by atoms with E-state index in [9.17, 15) is 9.59 Å². The van der Waals surface area contributed by atoms with Gasteiger partial charge in [0.25, 0.3) is 0 Å². The number of carbonyl (C=O) groups is 2. The van der Waals surface area contributed by atoms with Crippen LogP contribution in [0.5, 0.6) is 5.75 Å². The molecule has 0 spiro atoms. The number of hydrogen-bond acceptors (Lipinski definition) is 6. The molecular weight excluding hydrogens is 506 g/mol. The average molecular weight is 554 g/mol. The van der Waals surface area contributed by atoms with Gasteiger partial charge in [0.1, 0.15) is 12.4 Å². The van der Waals surface area contributed by atoms with Crippen LogP contribution in [0.4, 0.5) is 0 Å². The number of fused-ring (bicyclic) bond motifs is 1. The van der Waals surface area contributed by atoms with Crippen molar-refractivity contribution < 1.29 is 23.9 Å². The molecule has 1 atom stereocenters. The van der Waals surface area contributed by atoms with E-state index in [1.807, 2.05) is 48.5 Å². The summed E-state index contributed by atoms with van der Waals surface area (Å²) in [5.74, 6) is 0.475. The van der Waals surface area contributed by atoms with Crippen molar-refractivity contribution in [1.29, 1.82) is 0 Å². The normalized spacial score (nSPS) is 16.1. The number of carbonyl (C=O) groups excluding carboxylic acids is 2. The van der Waals surface area contributed by atoms with Gasteiger partial charge >= 0.3 is 0 Å². The largest absolute Gasteiger partial charge is 0.488 e. The summed E-state index contributed by atoms with van der Waals surface area (Å²) in [6.45, 7) is 10.9. The monoisotopic (exact) mass is 553 g/mol. The molecule has 2 N–H and O–H groups in total. The maximum atomic E-state index is 13.2. The molecule has 1 saturated heterocycles. The van der Waals surface area contributed by atoms with Gasteiger partial charge in [-0.3, -0.25) is 14.5 Å². The lowest BCUT2D eigenvalue weighted by Gasteiger charge is -2.30. The maximum absolute atomic E-state index is 13.2. The molecule has 1 heterocycles. The van der Waals surface area contributed by atoms with Crippen LogP contribution in [0.3, 0.4) is 0 Å². The lowest BCUT2D eigenvalue weighted by Crippen LogP contribution is -2.43. The number of nitrogens with one attached hydrogen (secondary N) is 2. The summed E-state index contributed by atoms with van der Waals surface area (Å²) < 4.78 is 11.6. The van der Waals surface area contributed by atoms with Crippen molar-refractivity contribution in [3.8, 4) is 5.75 Å². The maximum Gasteiger partial charge on any atom is 0.250 e. The highest BCUT2D eigenvalue weighted by atomic mass is 16.8. The zero-order chi connectivity index (χ0) is 28.7. The quantitative estimate of drug-likeness (QED) is 0.162. The van der Waals surface area contributed by atoms with E-state index in [1.54, 1.807) is 0 Å². The summed E-state index contributed by atoms with van der Waals surface area (Å²) in [6, 6.07) is 14.8. The summed E-state index contributed by atoms with van der Waals surface area (Å²) >= 11 is 0. The third kappa shape index (κ3) is 10.6. The second kappa shape index (κ2) is 17.0. The third-order valence-corrected chi connectivity index (χ3v) is 7.10. The van der Waals surface area contributed by atoms with E-state index in [0.717, 1.165) is 48.8 Å². The van der Waals surface area contributed by atoms with Crippen molar-refractivity contribution in [2.75, 3.05) is 26.3 Å². The standard InChI is InChI=1S/C32H47N3O5/c1-24(2)35(25(3)4)21-20-33-32(37)27(23-39-29-17-12-15-26-13-8-9-16-28(26)29)14-6-5-7-18-30(36)34-40-31-19-10-11-22-38-31/h8-9,12-17,24-25,31H,5-7,10-11,18-23H2,1-4H3,(H,33,37)(H,34,36)/b27-14+. The number of unbranched alkanes of at least 4 members (excludes halogenated alkanes) is 2. The highest BCUT2D eigenvalue weighted by Crippen LogP contribution is 2.25. The molecule has 1 unspecified atom stereocenters. The number of rotatable bonds is 16. The van der Waals surface area contributed by atoms with Crippen LogP contribution in [0, 0.1) is 0 Å². The van der Waals surface area contributed by atoms with Crippen molar-refractivity contribution in [2.45, 2.75) is 91.0 Å². The summed E-state index contributed by atoms with van der Waals surface area (Å²) in [7, 11) is 0. The minimum atomic E-state index is -0.350. The van der Waals surface area contributed by atoms with E-state index in [4.69, 9.17) is 14.3 Å². The first kappa shape index (κ1) is 31.6. The molecule has 2 aromatic carbocycles. The summed E-state index contributed by atoms with van der Waals surface area (Å²) in [5, 5.41) is 5.19. The van der Waals surface area contributed by atoms with Crippen molar-refractivity contribution in [3.63, 3.8) is 0 Å². The Morgan fingerprint density at radius 2 is 1.82 bits per heavy atom. The lowest BCUT2D eigenvalue weighted by atomic mass is 10.1. The number of nitrogens with zero attached hydrogens (tertiary/aromatic N) is 1. The van der Waals surface area contributed by atoms with Crippen molar-refractivity contribution in [2.24, 2.45) is 0 Å². The van der Waals surface area contributed by atoms with Crippen LogP contribution in [0.2, 0.25) is 0 Å². The Labute approximate surface area is 239 Å². The third-order valence-electron chi connectivity index (χ3n) is 7.10. The molecule has 2 amide bonds. The van der Waals surface area contributed by atoms with Gasteiger partial charge in [-0.1, -0.05) is 42.5 Å². The second-order valence-corrected chi connectivity index (χ2v) is 10.9. The predicted octanol–water partition coefficient (Wildman–Crippen LogP) is 5.51. The predicted molar refractivity (Wildman–Crippen MR) is 159 cm³/mol. The SMILES string of the molecule is CC(C)N(CCNC(=O)/C(=C/CCCCC(=O)NOC1CCCCO1)COc1cccc2ccccc12)C(C)C. The van der Waals surface area contributed by atoms with E-state index in [0.29, 0.717) is 50.1 Å². The van der Waals surface area contributed by atoms with E-state index in [2.05, 4.69) is 43.4 Å². The van der Waals surface area contributed by atoms with Crippen LogP contribution in [0.1, 0.15) is 72.6 Å². The highest BCUT2D eigenvalue weighted by Gasteiger charge is 2.17. The Hall–Kier alpha value is -2.94. The minimum absolute atomic E-state index is 0.119. The van der Waals surface area contributed by atoms with Gasteiger partial charge in [0.15, 0.2) is 6.29 Å². The molecular formula is C32H47N3O5. The lowest BCUT2D eigenvalue weighted by molar-refractivity contribution is -0.200. The number of hydrogen-bond donors (Lipinski definition) is 2. The Balaban J connectivity index is 1.53. The highest BCUT2D eigenvalue weighted by molar-refractivity contribution is 5.94. The Kier molecular flexibility index (Phi) is 13.4. The number of benzene rings is 2. The molecule has 8 heteroatoms. The summed E-state index contributed by atoms with van der Waals surface area (Å²) in [6.07, 6.45) is 6.94. The molecule has 8 nitrogen and oxygen atoms in total. The van der Waals surface area contributed by atoms with Crippen molar-refractivity contribution in [1.82, 2.24) is 15.7 Å². The fourth-order valence-corrected chi connectivity index (χ4v) is 4.91. The number of hydroxylamine groups is 1. The fourth-order valence-electron chi connectivity index (χ4n) is 4.91. The van der Waals surface area contributed by atoms with Crippen LogP contribution in [-0.4, -0.2) is 61.4 Å². The molecule has 1 aliphatic rings. The topological polar surface area (TPSA) is 89.1 Å². The van der Waals surface area contributed by atoms with E-state index >= 15 is 0 Å². The zero-order valence-electron chi connectivity index (χ0n) is 24.6. The fraction of sp³-hybridized carbons (Fsp3) is 0.562. The summed E-state index contributed by atoms with van der Waals surface area (Å²) in [5.41, 5.74) is 3.10. The average Bonchev–Trinajstić information content (AvgIpc) is 2.95. The van der Waals surface area contributed by atoms with E-state index in [1.165, 1.54) is 0 Å². The molecule has 2 aromatic rings. The van der Waals surface area contributed by atoms with E-state index < -0.39 is 0 Å². The number of ether oxygens (including phenoxy) is 2. The molecule has 0 radical (unpaired) electrons. The van der Waals surface area contributed by atoms with Crippen LogP contribution < -0.4 is 15.5 Å². The number of amides is 2. The van der Waals surface area contributed by atoms with Gasteiger partial charge in [0, 0.05) is 50.0 Å². The van der Waals surface area contributed by atoms with Crippen LogP contribution in [0.15, 0.2) is 54.1 Å². The molecule has 220 valence electrons. The van der Waals surface area contributed by atoms with Crippen LogP contribution in [-0.2, 0) is 19.2 Å². The molecule has 1 aliphatic heterocycles. The first-order valence-corrected chi connectivity index (χ1v) is 14.7. The van der Waals surface area contributed by atoms with E-state index in [-0.39, 0.29) is 24.7 Å². The Morgan fingerprint density at radius 1 is 1.05 bits per heavy atom. The van der Waals surface area contributed by atoms with Crippen LogP contribution >= 0.6 is 0 Å². The molecule has 40 heavy (non-hydrogen) atoms. The van der Waals surface area contributed by atoms with Crippen molar-refractivity contribution >= 4 is 22.6 Å². The van der Waals surface area contributed by atoms with Gasteiger partial charge in [-0.15, -0.1) is 0 Å². The first-order chi connectivity index (χ1) is 19.3. The smallest absolute Gasteiger partial charge is 0.250 e. The van der Waals surface area contributed by atoms with Gasteiger partial charge < -0.3 is 14.8 Å². The second-order valence-electron chi connectivity index (χ2n) is 10.9. The molecule has 0 bridgehead atoms.